The highest BCUT2D eigenvalue weighted by Gasteiger charge is 2.28. The zero-order chi connectivity index (χ0) is 22.1. The van der Waals surface area contributed by atoms with Crippen molar-refractivity contribution in [3.63, 3.8) is 0 Å². The number of benzene rings is 2. The summed E-state index contributed by atoms with van der Waals surface area (Å²) >= 11 is 7.58. The Hall–Kier alpha value is -1.98. The molecule has 1 atom stereocenters. The van der Waals surface area contributed by atoms with Crippen LogP contribution in [0.25, 0.3) is 0 Å². The van der Waals surface area contributed by atoms with Gasteiger partial charge in [0.2, 0.25) is 11.8 Å². The third-order valence-electron chi connectivity index (χ3n) is 4.64. The summed E-state index contributed by atoms with van der Waals surface area (Å²) in [5.41, 5.74) is 3.24. The van der Waals surface area contributed by atoms with Crippen molar-refractivity contribution < 1.29 is 9.59 Å². The van der Waals surface area contributed by atoms with E-state index in [-0.39, 0.29) is 17.9 Å². The molecule has 30 heavy (non-hydrogen) atoms. The maximum absolute atomic E-state index is 13.2. The minimum atomic E-state index is -0.493. The van der Waals surface area contributed by atoms with E-state index in [0.717, 1.165) is 16.7 Å². The SMILES string of the molecule is CC[C@@H](C(=O)NC(C)C)N(Cc1cccc(C)c1)C(=O)CSCc1cccc(Cl)c1. The molecular formula is C24H31ClN2O2S. The molecule has 0 aromatic heterocycles. The van der Waals surface area contributed by atoms with Crippen LogP contribution in [0.5, 0.6) is 0 Å². The van der Waals surface area contributed by atoms with Gasteiger partial charge in [-0.25, -0.2) is 0 Å². The van der Waals surface area contributed by atoms with Crippen LogP contribution in [0.2, 0.25) is 5.02 Å². The summed E-state index contributed by atoms with van der Waals surface area (Å²) in [5, 5.41) is 3.65. The highest BCUT2D eigenvalue weighted by molar-refractivity contribution is 7.99. The maximum Gasteiger partial charge on any atom is 0.243 e. The van der Waals surface area contributed by atoms with Gasteiger partial charge in [-0.05, 0) is 50.5 Å². The number of halogens is 1. The molecule has 0 saturated heterocycles. The van der Waals surface area contributed by atoms with E-state index in [4.69, 9.17) is 11.6 Å². The van der Waals surface area contributed by atoms with E-state index in [9.17, 15) is 9.59 Å². The summed E-state index contributed by atoms with van der Waals surface area (Å²) in [7, 11) is 0. The number of carbonyl (C=O) groups excluding carboxylic acids is 2. The number of hydrogen-bond donors (Lipinski definition) is 1. The van der Waals surface area contributed by atoms with Gasteiger partial charge in [0.15, 0.2) is 0 Å². The van der Waals surface area contributed by atoms with Gasteiger partial charge < -0.3 is 10.2 Å². The van der Waals surface area contributed by atoms with Gasteiger partial charge >= 0.3 is 0 Å². The molecule has 0 heterocycles. The fraction of sp³-hybridized carbons (Fsp3) is 0.417. The van der Waals surface area contributed by atoms with Crippen LogP contribution in [-0.4, -0.2) is 34.6 Å². The van der Waals surface area contributed by atoms with Gasteiger partial charge in [0.05, 0.1) is 5.75 Å². The summed E-state index contributed by atoms with van der Waals surface area (Å²) < 4.78 is 0. The molecule has 0 aliphatic carbocycles. The quantitative estimate of drug-likeness (QED) is 0.544. The molecule has 0 fully saturated rings. The molecule has 0 aliphatic heterocycles. The van der Waals surface area contributed by atoms with Crippen molar-refractivity contribution in [2.24, 2.45) is 0 Å². The van der Waals surface area contributed by atoms with Gasteiger partial charge in [0, 0.05) is 23.4 Å². The lowest BCUT2D eigenvalue weighted by Gasteiger charge is -2.31. The highest BCUT2D eigenvalue weighted by Crippen LogP contribution is 2.19. The molecule has 0 radical (unpaired) electrons. The second-order valence-corrected chi connectivity index (χ2v) is 9.14. The number of hydrogen-bond acceptors (Lipinski definition) is 3. The van der Waals surface area contributed by atoms with E-state index in [2.05, 4.69) is 11.4 Å². The lowest BCUT2D eigenvalue weighted by molar-refractivity contribution is -0.139. The van der Waals surface area contributed by atoms with Gasteiger partial charge in [-0.3, -0.25) is 9.59 Å². The number of aryl methyl sites for hydroxylation is 1. The molecule has 2 aromatic carbocycles. The predicted octanol–water partition coefficient (Wildman–Crippen LogP) is 5.21. The first-order valence-corrected chi connectivity index (χ1v) is 11.8. The fourth-order valence-corrected chi connectivity index (χ4v) is 4.34. The first-order chi connectivity index (χ1) is 14.3. The lowest BCUT2D eigenvalue weighted by Crippen LogP contribution is -2.50. The molecule has 0 bridgehead atoms. The number of carbonyl (C=O) groups is 2. The third kappa shape index (κ3) is 7.69. The fourth-order valence-electron chi connectivity index (χ4n) is 3.27. The summed E-state index contributed by atoms with van der Waals surface area (Å²) in [6, 6.07) is 15.3. The average Bonchev–Trinajstić information content (AvgIpc) is 2.67. The van der Waals surface area contributed by atoms with Gasteiger partial charge in [0.25, 0.3) is 0 Å². The van der Waals surface area contributed by atoms with Gasteiger partial charge in [-0.15, -0.1) is 11.8 Å². The van der Waals surface area contributed by atoms with Crippen LogP contribution in [0.3, 0.4) is 0 Å². The molecule has 0 spiro atoms. The summed E-state index contributed by atoms with van der Waals surface area (Å²) in [6.45, 7) is 8.25. The Kier molecular flexibility index (Phi) is 9.73. The standard InChI is InChI=1S/C24H31ClN2O2S/c1-5-22(24(29)26-17(2)3)27(14-19-9-6-8-18(4)12-19)23(28)16-30-15-20-10-7-11-21(25)13-20/h6-13,17,22H,5,14-16H2,1-4H3,(H,26,29)/t22-/m0/s1. The zero-order valence-electron chi connectivity index (χ0n) is 18.2. The molecule has 2 aromatic rings. The van der Waals surface area contributed by atoms with Gasteiger partial charge in [-0.1, -0.05) is 60.5 Å². The second-order valence-electron chi connectivity index (χ2n) is 7.72. The van der Waals surface area contributed by atoms with E-state index in [0.29, 0.717) is 29.5 Å². The first-order valence-electron chi connectivity index (χ1n) is 10.3. The summed E-state index contributed by atoms with van der Waals surface area (Å²) in [5.74, 6) is 0.867. The zero-order valence-corrected chi connectivity index (χ0v) is 19.7. The van der Waals surface area contributed by atoms with Crippen molar-refractivity contribution in [1.29, 1.82) is 0 Å². The third-order valence-corrected chi connectivity index (χ3v) is 5.86. The van der Waals surface area contributed by atoms with Crippen LogP contribution < -0.4 is 5.32 Å². The number of amides is 2. The van der Waals surface area contributed by atoms with E-state index in [1.807, 2.05) is 70.2 Å². The van der Waals surface area contributed by atoms with Crippen LogP contribution in [0.15, 0.2) is 48.5 Å². The minimum absolute atomic E-state index is 0.0275. The lowest BCUT2D eigenvalue weighted by atomic mass is 10.1. The Morgan fingerprint density at radius 3 is 2.43 bits per heavy atom. The molecule has 1 N–H and O–H groups in total. The van der Waals surface area contributed by atoms with E-state index in [1.54, 1.807) is 4.90 Å². The van der Waals surface area contributed by atoms with Crippen LogP contribution >= 0.6 is 23.4 Å². The average molecular weight is 447 g/mol. The molecule has 2 amide bonds. The Bertz CT molecular complexity index is 857. The largest absolute Gasteiger partial charge is 0.352 e. The van der Waals surface area contributed by atoms with Crippen molar-refractivity contribution in [3.8, 4) is 0 Å². The van der Waals surface area contributed by atoms with Crippen molar-refractivity contribution in [2.75, 3.05) is 5.75 Å². The van der Waals surface area contributed by atoms with Gasteiger partial charge in [-0.2, -0.15) is 0 Å². The van der Waals surface area contributed by atoms with Crippen LogP contribution in [0.4, 0.5) is 0 Å². The monoisotopic (exact) mass is 446 g/mol. The number of rotatable bonds is 10. The number of nitrogens with one attached hydrogen (secondary N) is 1. The molecule has 0 unspecified atom stereocenters. The molecular weight excluding hydrogens is 416 g/mol. The molecule has 4 nitrogen and oxygen atoms in total. The Labute approximate surface area is 189 Å². The molecule has 0 aliphatic rings. The smallest absolute Gasteiger partial charge is 0.243 e. The van der Waals surface area contributed by atoms with Crippen molar-refractivity contribution in [3.05, 3.63) is 70.2 Å². The Balaban J connectivity index is 2.13. The topological polar surface area (TPSA) is 49.4 Å². The number of nitrogens with zero attached hydrogens (tertiary/aromatic N) is 1. The summed E-state index contributed by atoms with van der Waals surface area (Å²) in [4.78, 5) is 27.7. The number of thioether (sulfide) groups is 1. The molecule has 6 heteroatoms. The first kappa shape index (κ1) is 24.3. The molecule has 2 rings (SSSR count). The van der Waals surface area contributed by atoms with Crippen LogP contribution in [0.1, 0.15) is 43.9 Å². The Morgan fingerprint density at radius 2 is 1.80 bits per heavy atom. The maximum atomic E-state index is 13.2. The van der Waals surface area contributed by atoms with E-state index >= 15 is 0 Å². The summed E-state index contributed by atoms with van der Waals surface area (Å²) in [6.07, 6.45) is 0.565. The van der Waals surface area contributed by atoms with Crippen LogP contribution in [0, 0.1) is 6.92 Å². The van der Waals surface area contributed by atoms with E-state index < -0.39 is 6.04 Å². The Morgan fingerprint density at radius 1 is 1.10 bits per heavy atom. The molecule has 162 valence electrons. The van der Waals surface area contributed by atoms with E-state index in [1.165, 1.54) is 11.8 Å². The van der Waals surface area contributed by atoms with Crippen molar-refractivity contribution >= 4 is 35.2 Å². The van der Waals surface area contributed by atoms with Gasteiger partial charge in [0.1, 0.15) is 6.04 Å². The second kappa shape index (κ2) is 12.0. The molecule has 0 saturated carbocycles. The van der Waals surface area contributed by atoms with Crippen molar-refractivity contribution in [1.82, 2.24) is 10.2 Å². The van der Waals surface area contributed by atoms with Crippen LogP contribution in [-0.2, 0) is 21.9 Å². The highest BCUT2D eigenvalue weighted by atomic mass is 35.5. The van der Waals surface area contributed by atoms with Crippen molar-refractivity contribution in [2.45, 2.75) is 58.5 Å². The normalized spacial score (nSPS) is 11.9. The predicted molar refractivity (Wildman–Crippen MR) is 127 cm³/mol. The minimum Gasteiger partial charge on any atom is -0.352 e.